The molecule has 0 aromatic carbocycles. The summed E-state index contributed by atoms with van der Waals surface area (Å²) in [6.45, 7) is 4.03. The number of esters is 1. The van der Waals surface area contributed by atoms with Gasteiger partial charge in [-0.1, -0.05) is 0 Å². The summed E-state index contributed by atoms with van der Waals surface area (Å²) in [6, 6.07) is -0.436. The summed E-state index contributed by atoms with van der Waals surface area (Å²) in [7, 11) is 1.72. The summed E-state index contributed by atoms with van der Waals surface area (Å²) >= 11 is 0. The van der Waals surface area contributed by atoms with Gasteiger partial charge >= 0.3 is 5.97 Å². The number of H-pyrrole nitrogens is 1. The summed E-state index contributed by atoms with van der Waals surface area (Å²) in [5.74, 6) is -0.278. The van der Waals surface area contributed by atoms with Crippen molar-refractivity contribution in [3.63, 3.8) is 0 Å². The van der Waals surface area contributed by atoms with Crippen LogP contribution in [0.4, 0.5) is 0 Å². The Morgan fingerprint density at radius 2 is 2.50 bits per heavy atom. The lowest BCUT2D eigenvalue weighted by atomic mass is 10.1. The van der Waals surface area contributed by atoms with Crippen molar-refractivity contribution in [1.29, 1.82) is 0 Å². The number of aromatic amines is 1. The molecule has 1 rings (SSSR count). The van der Waals surface area contributed by atoms with E-state index in [-0.39, 0.29) is 5.97 Å². The molecule has 78 valence electrons. The fraction of sp³-hybridized carbons (Fsp3) is 0.556. The number of hydrogen-bond acceptors (Lipinski definition) is 4. The molecule has 2 N–H and O–H groups in total. The molecular formula is C9H15N3O2. The molecule has 1 aromatic heterocycles. The average molecular weight is 197 g/mol. The highest BCUT2D eigenvalue weighted by Crippen LogP contribution is 2.15. The second kappa shape index (κ2) is 4.76. The minimum Gasteiger partial charge on any atom is -0.465 e. The van der Waals surface area contributed by atoms with Gasteiger partial charge in [-0.05, 0) is 20.9 Å². The molecule has 1 unspecified atom stereocenters. The minimum absolute atomic E-state index is 0.278. The van der Waals surface area contributed by atoms with Crippen molar-refractivity contribution in [2.45, 2.75) is 19.9 Å². The zero-order chi connectivity index (χ0) is 10.6. The topological polar surface area (TPSA) is 67.0 Å². The molecule has 0 saturated carbocycles. The van der Waals surface area contributed by atoms with Crippen LogP contribution < -0.4 is 5.32 Å². The first-order valence-corrected chi connectivity index (χ1v) is 4.54. The zero-order valence-electron chi connectivity index (χ0n) is 8.63. The van der Waals surface area contributed by atoms with Gasteiger partial charge in [-0.2, -0.15) is 5.10 Å². The van der Waals surface area contributed by atoms with Crippen LogP contribution >= 0.6 is 0 Å². The van der Waals surface area contributed by atoms with Crippen LogP contribution in [0.1, 0.15) is 24.2 Å². The third kappa shape index (κ3) is 2.11. The number of ether oxygens (including phenoxy) is 1. The Morgan fingerprint density at radius 1 is 1.79 bits per heavy atom. The smallest absolute Gasteiger partial charge is 0.327 e. The van der Waals surface area contributed by atoms with Gasteiger partial charge in [0.05, 0.1) is 12.8 Å². The molecule has 14 heavy (non-hydrogen) atoms. The Bertz CT molecular complexity index is 309. The predicted octanol–water partition coefficient (Wildman–Crippen LogP) is 0.542. The van der Waals surface area contributed by atoms with Gasteiger partial charge < -0.3 is 10.1 Å². The molecule has 5 nitrogen and oxygen atoms in total. The van der Waals surface area contributed by atoms with Gasteiger partial charge in [0, 0.05) is 11.3 Å². The summed E-state index contributed by atoms with van der Waals surface area (Å²) in [6.07, 6.45) is 1.63. The van der Waals surface area contributed by atoms with E-state index >= 15 is 0 Å². The van der Waals surface area contributed by atoms with Gasteiger partial charge in [0.2, 0.25) is 0 Å². The lowest BCUT2D eigenvalue weighted by Crippen LogP contribution is -2.27. The van der Waals surface area contributed by atoms with Crippen LogP contribution in [0.15, 0.2) is 6.20 Å². The monoisotopic (exact) mass is 197 g/mol. The van der Waals surface area contributed by atoms with E-state index in [0.717, 1.165) is 11.3 Å². The van der Waals surface area contributed by atoms with E-state index < -0.39 is 6.04 Å². The van der Waals surface area contributed by atoms with Gasteiger partial charge in [0.25, 0.3) is 0 Å². The lowest BCUT2D eigenvalue weighted by molar-refractivity contribution is -0.145. The largest absolute Gasteiger partial charge is 0.465 e. The number of aromatic nitrogens is 2. The average Bonchev–Trinajstić information content (AvgIpc) is 2.54. The maximum Gasteiger partial charge on any atom is 0.327 e. The van der Waals surface area contributed by atoms with Crippen LogP contribution in [0.3, 0.4) is 0 Å². The van der Waals surface area contributed by atoms with Crippen molar-refractivity contribution in [3.8, 4) is 0 Å². The van der Waals surface area contributed by atoms with Crippen molar-refractivity contribution in [3.05, 3.63) is 17.5 Å². The Hall–Kier alpha value is -1.36. The zero-order valence-corrected chi connectivity index (χ0v) is 8.63. The number of nitrogens with one attached hydrogen (secondary N) is 2. The molecule has 0 aliphatic carbocycles. The molecule has 0 fully saturated rings. The number of aryl methyl sites for hydroxylation is 1. The highest BCUT2D eigenvalue weighted by atomic mass is 16.5. The van der Waals surface area contributed by atoms with Crippen LogP contribution in [0.2, 0.25) is 0 Å². The second-order valence-electron chi connectivity index (χ2n) is 2.92. The number of hydrogen-bond donors (Lipinski definition) is 2. The Labute approximate surface area is 82.8 Å². The third-order valence-corrected chi connectivity index (χ3v) is 1.99. The highest BCUT2D eigenvalue weighted by Gasteiger charge is 2.22. The molecule has 0 radical (unpaired) electrons. The van der Waals surface area contributed by atoms with Crippen molar-refractivity contribution in [1.82, 2.24) is 15.5 Å². The maximum atomic E-state index is 11.5. The first-order valence-electron chi connectivity index (χ1n) is 4.54. The molecule has 1 atom stereocenters. The van der Waals surface area contributed by atoms with Crippen molar-refractivity contribution in [2.75, 3.05) is 13.7 Å². The summed E-state index contributed by atoms with van der Waals surface area (Å²) < 4.78 is 4.93. The number of carbonyl (C=O) groups excluding carboxylic acids is 1. The Kier molecular flexibility index (Phi) is 3.64. The van der Waals surface area contributed by atoms with E-state index in [1.807, 2.05) is 6.92 Å². The number of rotatable bonds is 4. The second-order valence-corrected chi connectivity index (χ2v) is 2.92. The minimum atomic E-state index is -0.436. The number of likely N-dealkylation sites (N-methyl/N-ethyl adjacent to an activating group) is 1. The van der Waals surface area contributed by atoms with Gasteiger partial charge in [-0.15, -0.1) is 0 Å². The van der Waals surface area contributed by atoms with Gasteiger partial charge in [0.1, 0.15) is 6.04 Å². The molecule has 0 spiro atoms. The third-order valence-electron chi connectivity index (χ3n) is 1.99. The fourth-order valence-electron chi connectivity index (χ4n) is 1.28. The highest BCUT2D eigenvalue weighted by molar-refractivity contribution is 5.77. The van der Waals surface area contributed by atoms with E-state index in [2.05, 4.69) is 15.5 Å². The van der Waals surface area contributed by atoms with Gasteiger partial charge in [-0.25, -0.2) is 4.79 Å². The first kappa shape index (κ1) is 10.7. The van der Waals surface area contributed by atoms with Crippen molar-refractivity contribution >= 4 is 5.97 Å². The Balaban J connectivity index is 2.82. The molecule has 0 amide bonds. The van der Waals surface area contributed by atoms with Crippen molar-refractivity contribution < 1.29 is 9.53 Å². The summed E-state index contributed by atoms with van der Waals surface area (Å²) in [5.41, 5.74) is 1.70. The van der Waals surface area contributed by atoms with E-state index in [9.17, 15) is 4.79 Å². The molecule has 1 heterocycles. The van der Waals surface area contributed by atoms with E-state index in [1.54, 1.807) is 20.2 Å². The molecule has 0 aliphatic heterocycles. The van der Waals surface area contributed by atoms with E-state index in [4.69, 9.17) is 4.74 Å². The first-order chi connectivity index (χ1) is 6.70. The summed E-state index contributed by atoms with van der Waals surface area (Å²) in [4.78, 5) is 11.5. The standard InChI is InChI=1S/C9H15N3O2/c1-4-14-9(13)8(10-3)7-5-11-12-6(7)2/h5,8,10H,4H2,1-3H3,(H,11,12). The summed E-state index contributed by atoms with van der Waals surface area (Å²) in [5, 5.41) is 9.54. The Morgan fingerprint density at radius 3 is 2.93 bits per heavy atom. The lowest BCUT2D eigenvalue weighted by Gasteiger charge is -2.13. The maximum absolute atomic E-state index is 11.5. The van der Waals surface area contributed by atoms with Crippen LogP contribution in [-0.4, -0.2) is 29.8 Å². The van der Waals surface area contributed by atoms with Gasteiger partial charge in [-0.3, -0.25) is 5.10 Å². The molecule has 0 bridgehead atoms. The van der Waals surface area contributed by atoms with E-state index in [1.165, 1.54) is 0 Å². The van der Waals surface area contributed by atoms with Crippen LogP contribution in [0.25, 0.3) is 0 Å². The molecular weight excluding hydrogens is 182 g/mol. The number of nitrogens with zero attached hydrogens (tertiary/aromatic N) is 1. The normalized spacial score (nSPS) is 12.5. The molecule has 1 aromatic rings. The van der Waals surface area contributed by atoms with Crippen LogP contribution in [-0.2, 0) is 9.53 Å². The van der Waals surface area contributed by atoms with Crippen LogP contribution in [0, 0.1) is 6.92 Å². The SMILES string of the molecule is CCOC(=O)C(NC)c1cn[nH]c1C. The molecule has 0 saturated heterocycles. The van der Waals surface area contributed by atoms with E-state index in [0.29, 0.717) is 6.61 Å². The fourth-order valence-corrected chi connectivity index (χ4v) is 1.28. The number of carbonyl (C=O) groups is 1. The van der Waals surface area contributed by atoms with Crippen molar-refractivity contribution in [2.24, 2.45) is 0 Å². The van der Waals surface area contributed by atoms with Gasteiger partial charge in [0.15, 0.2) is 0 Å². The van der Waals surface area contributed by atoms with Crippen LogP contribution in [0.5, 0.6) is 0 Å². The molecule has 0 aliphatic rings. The quantitative estimate of drug-likeness (QED) is 0.691. The molecule has 5 heteroatoms. The predicted molar refractivity (Wildman–Crippen MR) is 51.8 cm³/mol.